The molecule has 0 radical (unpaired) electrons. The Bertz CT molecular complexity index is 472. The van der Waals surface area contributed by atoms with Crippen LogP contribution in [0.1, 0.15) is 24.8 Å². The molecule has 1 fully saturated rings. The second-order valence-electron chi connectivity index (χ2n) is 5.12. The quantitative estimate of drug-likeness (QED) is 0.797. The van der Waals surface area contributed by atoms with E-state index in [1.165, 1.54) is 0 Å². The van der Waals surface area contributed by atoms with E-state index in [2.05, 4.69) is 15.6 Å². The maximum absolute atomic E-state index is 13.8. The van der Waals surface area contributed by atoms with Crippen LogP contribution < -0.4 is 10.6 Å². The van der Waals surface area contributed by atoms with Gasteiger partial charge in [0.25, 0.3) is 0 Å². The van der Waals surface area contributed by atoms with E-state index in [-0.39, 0.29) is 35.2 Å². The lowest BCUT2D eigenvalue weighted by molar-refractivity contribution is 0.557. The van der Waals surface area contributed by atoms with Gasteiger partial charge in [-0.3, -0.25) is 4.99 Å². The predicted molar refractivity (Wildman–Crippen MR) is 85.7 cm³/mol. The van der Waals surface area contributed by atoms with Crippen molar-refractivity contribution in [2.75, 3.05) is 19.6 Å². The summed E-state index contributed by atoms with van der Waals surface area (Å²) < 4.78 is 13.8. The van der Waals surface area contributed by atoms with E-state index in [1.807, 2.05) is 12.1 Å². The van der Waals surface area contributed by atoms with E-state index >= 15 is 0 Å². The molecule has 1 aliphatic carbocycles. The highest BCUT2D eigenvalue weighted by molar-refractivity contribution is 14.0. The Labute approximate surface area is 130 Å². The van der Waals surface area contributed by atoms with Crippen LogP contribution in [0.3, 0.4) is 0 Å². The van der Waals surface area contributed by atoms with Crippen LogP contribution in [-0.2, 0) is 5.41 Å². The van der Waals surface area contributed by atoms with Gasteiger partial charge in [-0.15, -0.1) is 24.0 Å². The van der Waals surface area contributed by atoms with Crippen LogP contribution in [0.5, 0.6) is 0 Å². The molecule has 1 aliphatic heterocycles. The van der Waals surface area contributed by atoms with Gasteiger partial charge in [0, 0.05) is 25.0 Å². The first-order chi connectivity index (χ1) is 8.80. The number of nitrogens with one attached hydrogen (secondary N) is 2. The Morgan fingerprint density at radius 1 is 1.32 bits per heavy atom. The highest BCUT2D eigenvalue weighted by atomic mass is 127. The third kappa shape index (κ3) is 3.19. The Morgan fingerprint density at radius 3 is 2.74 bits per heavy atom. The van der Waals surface area contributed by atoms with E-state index in [4.69, 9.17) is 0 Å². The summed E-state index contributed by atoms with van der Waals surface area (Å²) in [6.45, 7) is 2.61. The number of hydrogen-bond donors (Lipinski definition) is 2. The molecule has 0 spiro atoms. The Kier molecular flexibility index (Phi) is 4.65. The number of rotatable bonds is 3. The first-order valence-corrected chi connectivity index (χ1v) is 6.57. The fourth-order valence-electron chi connectivity index (χ4n) is 2.49. The summed E-state index contributed by atoms with van der Waals surface area (Å²) in [4.78, 5) is 4.38. The average molecular weight is 375 g/mol. The summed E-state index contributed by atoms with van der Waals surface area (Å²) in [6, 6.07) is 7.11. The number of hydrogen-bond acceptors (Lipinski definition) is 3. The van der Waals surface area contributed by atoms with Crippen molar-refractivity contribution in [2.24, 2.45) is 4.99 Å². The largest absolute Gasteiger partial charge is 0.356 e. The molecule has 5 heteroatoms. The number of guanidine groups is 1. The minimum atomic E-state index is -0.0876. The Balaban J connectivity index is 0.00000133. The van der Waals surface area contributed by atoms with Gasteiger partial charge in [0.05, 0.1) is 0 Å². The summed E-state index contributed by atoms with van der Waals surface area (Å²) >= 11 is 0. The maximum Gasteiger partial charge on any atom is 0.191 e. The lowest BCUT2D eigenvalue weighted by Gasteiger charge is -2.21. The first kappa shape index (κ1) is 14.6. The molecular weight excluding hydrogens is 356 g/mol. The zero-order valence-electron chi connectivity index (χ0n) is 10.8. The van der Waals surface area contributed by atoms with Crippen LogP contribution in [0.2, 0.25) is 0 Å². The zero-order chi connectivity index (χ0) is 12.4. The van der Waals surface area contributed by atoms with Crippen LogP contribution >= 0.6 is 24.0 Å². The van der Waals surface area contributed by atoms with Crippen molar-refractivity contribution in [1.82, 2.24) is 10.6 Å². The Morgan fingerprint density at radius 2 is 2.11 bits per heavy atom. The van der Waals surface area contributed by atoms with Gasteiger partial charge in [0.15, 0.2) is 5.96 Å². The van der Waals surface area contributed by atoms with E-state index < -0.39 is 0 Å². The lowest BCUT2D eigenvalue weighted by Crippen LogP contribution is -2.43. The maximum atomic E-state index is 13.8. The summed E-state index contributed by atoms with van der Waals surface area (Å²) in [5.74, 6) is 0.777. The summed E-state index contributed by atoms with van der Waals surface area (Å²) in [7, 11) is 0. The van der Waals surface area contributed by atoms with Gasteiger partial charge in [-0.2, -0.15) is 0 Å². The van der Waals surface area contributed by atoms with Gasteiger partial charge >= 0.3 is 0 Å². The topological polar surface area (TPSA) is 36.4 Å². The monoisotopic (exact) mass is 375 g/mol. The molecule has 1 saturated carbocycles. The van der Waals surface area contributed by atoms with Crippen molar-refractivity contribution >= 4 is 29.9 Å². The van der Waals surface area contributed by atoms with Crippen molar-refractivity contribution in [3.63, 3.8) is 0 Å². The highest BCUT2D eigenvalue weighted by Gasteiger charge is 2.45. The van der Waals surface area contributed by atoms with E-state index in [1.54, 1.807) is 12.1 Å². The van der Waals surface area contributed by atoms with Gasteiger partial charge < -0.3 is 10.6 Å². The number of aliphatic imine (C=N–C) groups is 1. The molecule has 104 valence electrons. The average Bonchev–Trinajstić information content (AvgIpc) is 3.19. The molecule has 3 rings (SSSR count). The lowest BCUT2D eigenvalue weighted by atomic mass is 9.95. The van der Waals surface area contributed by atoms with Crippen LogP contribution in [0.15, 0.2) is 29.3 Å². The SMILES string of the molecule is Fc1ccccc1C1(CNC2=NCCCN2)CC1.I. The second-order valence-corrected chi connectivity index (χ2v) is 5.12. The van der Waals surface area contributed by atoms with Gasteiger partial charge in [-0.1, -0.05) is 18.2 Å². The predicted octanol–water partition coefficient (Wildman–Crippen LogP) is 2.41. The minimum Gasteiger partial charge on any atom is -0.356 e. The van der Waals surface area contributed by atoms with Crippen molar-refractivity contribution in [3.05, 3.63) is 35.6 Å². The minimum absolute atomic E-state index is 0. The molecule has 0 amide bonds. The van der Waals surface area contributed by atoms with Crippen molar-refractivity contribution < 1.29 is 4.39 Å². The highest BCUT2D eigenvalue weighted by Crippen LogP contribution is 2.48. The molecule has 3 nitrogen and oxygen atoms in total. The first-order valence-electron chi connectivity index (χ1n) is 6.57. The van der Waals surface area contributed by atoms with E-state index in [0.29, 0.717) is 0 Å². The normalized spacial score (nSPS) is 19.7. The molecule has 0 atom stereocenters. The molecule has 0 unspecified atom stereocenters. The summed E-state index contributed by atoms with van der Waals surface area (Å²) in [6.07, 6.45) is 3.19. The molecular formula is C14H19FIN3. The van der Waals surface area contributed by atoms with Crippen molar-refractivity contribution in [2.45, 2.75) is 24.7 Å². The third-order valence-electron chi connectivity index (χ3n) is 3.79. The molecule has 2 N–H and O–H groups in total. The molecule has 1 aromatic rings. The van der Waals surface area contributed by atoms with Crippen molar-refractivity contribution in [1.29, 1.82) is 0 Å². The zero-order valence-corrected chi connectivity index (χ0v) is 13.1. The van der Waals surface area contributed by atoms with Crippen LogP contribution in [-0.4, -0.2) is 25.6 Å². The third-order valence-corrected chi connectivity index (χ3v) is 3.79. The van der Waals surface area contributed by atoms with E-state index in [0.717, 1.165) is 50.4 Å². The second kappa shape index (κ2) is 6.07. The molecule has 19 heavy (non-hydrogen) atoms. The van der Waals surface area contributed by atoms with Crippen molar-refractivity contribution in [3.8, 4) is 0 Å². The summed E-state index contributed by atoms with van der Waals surface area (Å²) in [5.41, 5.74) is 0.821. The molecule has 0 aromatic heterocycles. The van der Waals surface area contributed by atoms with Gasteiger partial charge in [0.2, 0.25) is 0 Å². The fourth-order valence-corrected chi connectivity index (χ4v) is 2.49. The van der Waals surface area contributed by atoms with E-state index in [9.17, 15) is 4.39 Å². The van der Waals surface area contributed by atoms with Gasteiger partial charge in [0.1, 0.15) is 5.82 Å². The van der Waals surface area contributed by atoms with Crippen LogP contribution in [0.25, 0.3) is 0 Å². The summed E-state index contributed by atoms with van der Waals surface area (Å²) in [5, 5.41) is 6.55. The molecule has 1 heterocycles. The van der Waals surface area contributed by atoms with Crippen LogP contribution in [0, 0.1) is 5.82 Å². The number of benzene rings is 1. The Hall–Kier alpha value is -0.850. The standard InChI is InChI=1S/C14H18FN3.HI/c15-12-5-2-1-4-11(12)14(6-7-14)10-18-13-16-8-3-9-17-13;/h1-2,4-5H,3,6-10H2,(H2,16,17,18);1H. The molecule has 0 saturated heterocycles. The number of nitrogens with zero attached hydrogens (tertiary/aromatic N) is 1. The number of halogens is 2. The fraction of sp³-hybridized carbons (Fsp3) is 0.500. The van der Waals surface area contributed by atoms with Crippen LogP contribution in [0.4, 0.5) is 4.39 Å². The molecule has 0 bridgehead atoms. The molecule has 1 aromatic carbocycles. The van der Waals surface area contributed by atoms with Gasteiger partial charge in [-0.25, -0.2) is 4.39 Å². The van der Waals surface area contributed by atoms with Gasteiger partial charge in [-0.05, 0) is 30.9 Å². The molecule has 2 aliphatic rings. The smallest absolute Gasteiger partial charge is 0.191 e.